The number of hydrogen-bond acceptors (Lipinski definition) is 1. The van der Waals surface area contributed by atoms with Gasteiger partial charge in [0.1, 0.15) is 5.15 Å². The van der Waals surface area contributed by atoms with Gasteiger partial charge in [0.15, 0.2) is 5.96 Å². The molecule has 0 amide bonds. The summed E-state index contributed by atoms with van der Waals surface area (Å²) in [7, 11) is 1.85. The lowest BCUT2D eigenvalue weighted by atomic mass is 10.1. The van der Waals surface area contributed by atoms with Crippen molar-refractivity contribution < 1.29 is 0 Å². The van der Waals surface area contributed by atoms with Gasteiger partial charge >= 0.3 is 0 Å². The van der Waals surface area contributed by atoms with Crippen LogP contribution in [0.4, 0.5) is 0 Å². The maximum Gasteiger partial charge on any atom is 0.188 e. The van der Waals surface area contributed by atoms with Gasteiger partial charge in [-0.15, -0.1) is 0 Å². The minimum atomic E-state index is 0.416. The maximum atomic E-state index is 6.00. The Morgan fingerprint density at radius 2 is 2.00 bits per heavy atom. The Bertz CT molecular complexity index is 620. The van der Waals surface area contributed by atoms with Crippen LogP contribution in [0.5, 0.6) is 0 Å². The smallest absolute Gasteiger partial charge is 0.188 e. The van der Waals surface area contributed by atoms with E-state index in [0.717, 1.165) is 18.7 Å². The quantitative estimate of drug-likeness (QED) is 0.656. The predicted octanol–water partition coefficient (Wildman–Crippen LogP) is 2.98. The van der Waals surface area contributed by atoms with Crippen LogP contribution in [0.1, 0.15) is 11.3 Å². The second-order valence-electron chi connectivity index (χ2n) is 4.70. The SMILES string of the molecule is Cn1c(CN=C(N)NCCc2ccccc2)cc(Cl)c1Cl. The molecular formula is C15H18Cl2N4. The van der Waals surface area contributed by atoms with Crippen LogP contribution in [-0.2, 0) is 20.0 Å². The molecule has 21 heavy (non-hydrogen) atoms. The summed E-state index contributed by atoms with van der Waals surface area (Å²) in [6.07, 6.45) is 0.902. The molecular weight excluding hydrogens is 307 g/mol. The Balaban J connectivity index is 1.83. The summed E-state index contributed by atoms with van der Waals surface area (Å²) in [6.45, 7) is 1.18. The standard InChI is InChI=1S/C15H18Cl2N4/c1-21-12(9-13(16)14(21)17)10-20-15(18)19-8-7-11-5-3-2-4-6-11/h2-6,9H,7-8,10H2,1H3,(H3,18,19,20). The molecule has 0 unspecified atom stereocenters. The van der Waals surface area contributed by atoms with Crippen LogP contribution in [0.15, 0.2) is 41.4 Å². The first-order valence-corrected chi connectivity index (χ1v) is 7.41. The number of hydrogen-bond donors (Lipinski definition) is 2. The van der Waals surface area contributed by atoms with Crippen molar-refractivity contribution in [2.24, 2.45) is 17.8 Å². The van der Waals surface area contributed by atoms with Gasteiger partial charge in [-0.1, -0.05) is 53.5 Å². The van der Waals surface area contributed by atoms with Crippen molar-refractivity contribution in [2.45, 2.75) is 13.0 Å². The molecule has 1 aromatic heterocycles. The Kier molecular flexibility index (Phi) is 5.53. The molecule has 0 atom stereocenters. The van der Waals surface area contributed by atoms with Gasteiger partial charge in [-0.25, -0.2) is 4.99 Å². The van der Waals surface area contributed by atoms with Gasteiger partial charge in [0.25, 0.3) is 0 Å². The Hall–Kier alpha value is -1.65. The van der Waals surface area contributed by atoms with Crippen LogP contribution in [-0.4, -0.2) is 17.1 Å². The zero-order valence-electron chi connectivity index (χ0n) is 11.8. The van der Waals surface area contributed by atoms with Crippen molar-refractivity contribution in [3.63, 3.8) is 0 Å². The van der Waals surface area contributed by atoms with E-state index >= 15 is 0 Å². The third kappa shape index (κ3) is 4.41. The summed E-state index contributed by atoms with van der Waals surface area (Å²) >= 11 is 12.0. The van der Waals surface area contributed by atoms with Gasteiger partial charge < -0.3 is 15.6 Å². The van der Waals surface area contributed by atoms with Crippen LogP contribution in [0.25, 0.3) is 0 Å². The molecule has 0 aliphatic heterocycles. The third-order valence-electron chi connectivity index (χ3n) is 3.19. The Labute approximate surface area is 134 Å². The van der Waals surface area contributed by atoms with E-state index in [-0.39, 0.29) is 0 Å². The zero-order chi connectivity index (χ0) is 15.2. The highest BCUT2D eigenvalue weighted by Crippen LogP contribution is 2.25. The molecule has 1 aromatic carbocycles. The average molecular weight is 325 g/mol. The minimum Gasteiger partial charge on any atom is -0.370 e. The molecule has 112 valence electrons. The third-order valence-corrected chi connectivity index (χ3v) is 4.03. The molecule has 0 saturated heterocycles. The van der Waals surface area contributed by atoms with Gasteiger partial charge in [0.05, 0.1) is 11.6 Å². The minimum absolute atomic E-state index is 0.416. The fraction of sp³-hybridized carbons (Fsp3) is 0.267. The van der Waals surface area contributed by atoms with Crippen molar-refractivity contribution in [1.29, 1.82) is 0 Å². The van der Waals surface area contributed by atoms with Gasteiger partial charge in [0, 0.05) is 19.3 Å². The molecule has 4 nitrogen and oxygen atoms in total. The van der Waals surface area contributed by atoms with Gasteiger partial charge in [-0.05, 0) is 18.1 Å². The summed E-state index contributed by atoms with van der Waals surface area (Å²) < 4.78 is 1.80. The van der Waals surface area contributed by atoms with Crippen LogP contribution in [0.3, 0.4) is 0 Å². The Morgan fingerprint density at radius 1 is 1.29 bits per heavy atom. The molecule has 2 aromatic rings. The molecule has 0 aliphatic carbocycles. The lowest BCUT2D eigenvalue weighted by Gasteiger charge is -2.06. The molecule has 6 heteroatoms. The van der Waals surface area contributed by atoms with E-state index in [1.807, 2.05) is 25.2 Å². The van der Waals surface area contributed by atoms with Crippen molar-refractivity contribution >= 4 is 29.2 Å². The van der Waals surface area contributed by atoms with E-state index < -0.39 is 0 Å². The van der Waals surface area contributed by atoms with Crippen molar-refractivity contribution in [3.8, 4) is 0 Å². The largest absolute Gasteiger partial charge is 0.370 e. The Morgan fingerprint density at radius 3 is 2.62 bits per heavy atom. The first-order chi connectivity index (χ1) is 10.1. The summed E-state index contributed by atoms with van der Waals surface area (Å²) in [4.78, 5) is 4.29. The molecule has 1 heterocycles. The number of aromatic nitrogens is 1. The van der Waals surface area contributed by atoms with Crippen molar-refractivity contribution in [3.05, 3.63) is 57.8 Å². The maximum absolute atomic E-state index is 6.00. The monoisotopic (exact) mass is 324 g/mol. The number of aliphatic imine (C=N–C) groups is 1. The molecule has 3 N–H and O–H groups in total. The van der Waals surface area contributed by atoms with Crippen LogP contribution in [0, 0.1) is 0 Å². The molecule has 0 bridgehead atoms. The molecule has 2 rings (SSSR count). The molecule has 0 spiro atoms. The second-order valence-corrected chi connectivity index (χ2v) is 5.46. The van der Waals surface area contributed by atoms with E-state index in [2.05, 4.69) is 22.4 Å². The normalized spacial score (nSPS) is 11.7. The molecule has 0 radical (unpaired) electrons. The first-order valence-electron chi connectivity index (χ1n) is 6.65. The lowest BCUT2D eigenvalue weighted by Crippen LogP contribution is -2.33. The number of halogens is 2. The predicted molar refractivity (Wildman–Crippen MR) is 88.9 cm³/mol. The number of benzene rings is 1. The number of nitrogens with zero attached hydrogens (tertiary/aromatic N) is 2. The highest BCUT2D eigenvalue weighted by Gasteiger charge is 2.08. The fourth-order valence-corrected chi connectivity index (χ4v) is 2.36. The highest BCUT2D eigenvalue weighted by molar-refractivity contribution is 6.41. The molecule has 0 saturated carbocycles. The summed E-state index contributed by atoms with van der Waals surface area (Å²) in [5, 5.41) is 4.13. The number of nitrogens with one attached hydrogen (secondary N) is 1. The highest BCUT2D eigenvalue weighted by atomic mass is 35.5. The summed E-state index contributed by atoms with van der Waals surface area (Å²) in [5.41, 5.74) is 8.02. The van der Waals surface area contributed by atoms with E-state index in [4.69, 9.17) is 28.9 Å². The summed E-state index contributed by atoms with van der Waals surface area (Å²) in [6, 6.07) is 12.0. The first kappa shape index (κ1) is 15.7. The van der Waals surface area contributed by atoms with E-state index in [1.165, 1.54) is 5.56 Å². The van der Waals surface area contributed by atoms with E-state index in [0.29, 0.717) is 22.7 Å². The van der Waals surface area contributed by atoms with Gasteiger partial charge in [0.2, 0.25) is 0 Å². The van der Waals surface area contributed by atoms with E-state index in [9.17, 15) is 0 Å². The van der Waals surface area contributed by atoms with E-state index in [1.54, 1.807) is 10.6 Å². The van der Waals surface area contributed by atoms with Crippen LogP contribution >= 0.6 is 23.2 Å². The van der Waals surface area contributed by atoms with Gasteiger partial charge in [-0.2, -0.15) is 0 Å². The molecule has 0 aliphatic rings. The van der Waals surface area contributed by atoms with Crippen molar-refractivity contribution in [2.75, 3.05) is 6.54 Å². The second kappa shape index (κ2) is 7.38. The topological polar surface area (TPSA) is 55.3 Å². The molecule has 0 fully saturated rings. The fourth-order valence-electron chi connectivity index (χ4n) is 1.94. The number of guanidine groups is 1. The number of rotatable bonds is 5. The summed E-state index contributed by atoms with van der Waals surface area (Å²) in [5.74, 6) is 0.416. The number of nitrogens with two attached hydrogens (primary N) is 1. The van der Waals surface area contributed by atoms with Gasteiger partial charge in [-0.3, -0.25) is 0 Å². The van der Waals surface area contributed by atoms with Crippen LogP contribution in [0.2, 0.25) is 10.2 Å². The average Bonchev–Trinajstić information content (AvgIpc) is 2.73. The van der Waals surface area contributed by atoms with Crippen LogP contribution < -0.4 is 11.1 Å². The zero-order valence-corrected chi connectivity index (χ0v) is 13.3. The van der Waals surface area contributed by atoms with Crippen molar-refractivity contribution in [1.82, 2.24) is 9.88 Å². The lowest BCUT2D eigenvalue weighted by molar-refractivity contribution is 0.808.